The molecule has 0 spiro atoms. The number of hydrazone groups is 1. The van der Waals surface area contributed by atoms with E-state index in [1.807, 2.05) is 6.07 Å². The zero-order valence-corrected chi connectivity index (χ0v) is 18.3. The first kappa shape index (κ1) is 21.9. The van der Waals surface area contributed by atoms with Crippen molar-refractivity contribution in [3.05, 3.63) is 23.8 Å². The topological polar surface area (TPSA) is 114 Å². The molecule has 0 unspecified atom stereocenters. The molecular weight excluding hydrogens is 416 g/mol. The van der Waals surface area contributed by atoms with Crippen molar-refractivity contribution in [1.82, 2.24) is 9.97 Å². The summed E-state index contributed by atoms with van der Waals surface area (Å²) in [6.45, 7) is 5.66. The average Bonchev–Trinajstić information content (AvgIpc) is 2.85. The SMILES string of the molecule is COc1cc(/C=N/Nc2cc(N3CCOCC3)nc(N3CCOCC3)n2)cc(OC)c1O. The number of aromatic hydroxyl groups is 1. The summed E-state index contributed by atoms with van der Waals surface area (Å²) in [5, 5.41) is 14.4. The van der Waals surface area contributed by atoms with E-state index in [9.17, 15) is 5.11 Å². The van der Waals surface area contributed by atoms with Crippen LogP contribution < -0.4 is 24.7 Å². The smallest absolute Gasteiger partial charge is 0.229 e. The van der Waals surface area contributed by atoms with E-state index in [4.69, 9.17) is 23.9 Å². The van der Waals surface area contributed by atoms with Gasteiger partial charge in [-0.25, -0.2) is 0 Å². The molecule has 1 aromatic heterocycles. The Morgan fingerprint density at radius 2 is 1.53 bits per heavy atom. The van der Waals surface area contributed by atoms with Gasteiger partial charge in [-0.1, -0.05) is 0 Å². The van der Waals surface area contributed by atoms with Crippen LogP contribution in [0.2, 0.25) is 0 Å². The molecule has 0 saturated carbocycles. The van der Waals surface area contributed by atoms with Gasteiger partial charge in [-0.15, -0.1) is 0 Å². The van der Waals surface area contributed by atoms with Crippen LogP contribution in [-0.2, 0) is 9.47 Å². The number of anilines is 3. The first-order valence-electron chi connectivity index (χ1n) is 10.5. The van der Waals surface area contributed by atoms with E-state index < -0.39 is 0 Å². The third-order valence-electron chi connectivity index (χ3n) is 5.22. The normalized spacial score (nSPS) is 16.9. The summed E-state index contributed by atoms with van der Waals surface area (Å²) >= 11 is 0. The van der Waals surface area contributed by atoms with Crippen LogP contribution in [0.4, 0.5) is 17.6 Å². The molecule has 4 rings (SSSR count). The van der Waals surface area contributed by atoms with E-state index in [0.717, 1.165) is 32.0 Å². The van der Waals surface area contributed by atoms with Gasteiger partial charge in [0.05, 0.1) is 46.9 Å². The maximum absolute atomic E-state index is 10.1. The Labute approximate surface area is 186 Å². The van der Waals surface area contributed by atoms with Crippen molar-refractivity contribution in [3.63, 3.8) is 0 Å². The quantitative estimate of drug-likeness (QED) is 0.479. The van der Waals surface area contributed by atoms with Gasteiger partial charge in [0, 0.05) is 37.8 Å². The molecule has 0 radical (unpaired) electrons. The molecular formula is C21H28N6O5. The van der Waals surface area contributed by atoms with Crippen molar-refractivity contribution in [1.29, 1.82) is 0 Å². The minimum Gasteiger partial charge on any atom is -0.502 e. The van der Waals surface area contributed by atoms with Gasteiger partial charge in [-0.3, -0.25) is 5.43 Å². The number of morpholine rings is 2. The van der Waals surface area contributed by atoms with Gasteiger partial charge in [0.15, 0.2) is 17.3 Å². The number of nitrogens with one attached hydrogen (secondary N) is 1. The number of phenols is 1. The lowest BCUT2D eigenvalue weighted by Crippen LogP contribution is -2.39. The van der Waals surface area contributed by atoms with E-state index >= 15 is 0 Å². The maximum atomic E-state index is 10.1. The molecule has 3 heterocycles. The van der Waals surface area contributed by atoms with Crippen molar-refractivity contribution in [2.45, 2.75) is 0 Å². The highest BCUT2D eigenvalue weighted by molar-refractivity contribution is 5.83. The van der Waals surface area contributed by atoms with Crippen molar-refractivity contribution in [2.24, 2.45) is 5.10 Å². The number of rotatable bonds is 7. The Hall–Kier alpha value is -3.31. The lowest BCUT2D eigenvalue weighted by atomic mass is 10.2. The first-order valence-corrected chi connectivity index (χ1v) is 10.5. The van der Waals surface area contributed by atoms with E-state index in [-0.39, 0.29) is 5.75 Å². The van der Waals surface area contributed by atoms with Crippen molar-refractivity contribution in [2.75, 3.05) is 82.1 Å². The van der Waals surface area contributed by atoms with Crippen LogP contribution in [0.5, 0.6) is 17.2 Å². The van der Waals surface area contributed by atoms with Gasteiger partial charge in [0.2, 0.25) is 11.7 Å². The second-order valence-electron chi connectivity index (χ2n) is 7.25. The highest BCUT2D eigenvalue weighted by atomic mass is 16.5. The fraction of sp³-hybridized carbons (Fsp3) is 0.476. The van der Waals surface area contributed by atoms with Crippen LogP contribution in [0.3, 0.4) is 0 Å². The predicted octanol–water partition coefficient (Wildman–Crippen LogP) is 1.32. The Morgan fingerprint density at radius 3 is 2.12 bits per heavy atom. The number of methoxy groups -OCH3 is 2. The van der Waals surface area contributed by atoms with E-state index in [0.29, 0.717) is 55.3 Å². The van der Waals surface area contributed by atoms with Crippen LogP contribution in [0.1, 0.15) is 5.56 Å². The Morgan fingerprint density at radius 1 is 0.938 bits per heavy atom. The fourth-order valence-corrected chi connectivity index (χ4v) is 3.50. The molecule has 2 aliphatic rings. The molecule has 172 valence electrons. The van der Waals surface area contributed by atoms with Gasteiger partial charge in [0.25, 0.3) is 0 Å². The molecule has 0 bridgehead atoms. The Kier molecular flexibility index (Phi) is 7.07. The lowest BCUT2D eigenvalue weighted by molar-refractivity contribution is 0.121. The van der Waals surface area contributed by atoms with E-state index in [1.54, 1.807) is 18.3 Å². The number of hydrogen-bond donors (Lipinski definition) is 2. The van der Waals surface area contributed by atoms with Crippen LogP contribution in [0.15, 0.2) is 23.3 Å². The van der Waals surface area contributed by atoms with Gasteiger partial charge < -0.3 is 33.9 Å². The minimum atomic E-state index is -0.0544. The zero-order valence-electron chi connectivity index (χ0n) is 18.3. The van der Waals surface area contributed by atoms with Crippen molar-refractivity contribution < 1.29 is 24.1 Å². The molecule has 2 aromatic rings. The third kappa shape index (κ3) is 5.11. The average molecular weight is 444 g/mol. The van der Waals surface area contributed by atoms with E-state index in [2.05, 4.69) is 25.3 Å². The minimum absolute atomic E-state index is 0.0544. The number of benzene rings is 1. The third-order valence-corrected chi connectivity index (χ3v) is 5.22. The summed E-state index contributed by atoms with van der Waals surface area (Å²) in [5.74, 6) is 2.60. The summed E-state index contributed by atoms with van der Waals surface area (Å²) in [6, 6.07) is 5.22. The molecule has 0 amide bonds. The number of aromatic nitrogens is 2. The summed E-state index contributed by atoms with van der Waals surface area (Å²) < 4.78 is 21.3. The Balaban J connectivity index is 1.56. The number of phenolic OH excluding ortho intramolecular Hbond substituents is 1. The highest BCUT2D eigenvalue weighted by Crippen LogP contribution is 2.36. The second kappa shape index (κ2) is 10.3. The summed E-state index contributed by atoms with van der Waals surface area (Å²) in [4.78, 5) is 13.7. The maximum Gasteiger partial charge on any atom is 0.229 e. The molecule has 2 fully saturated rings. The lowest BCUT2D eigenvalue weighted by Gasteiger charge is -2.31. The van der Waals surface area contributed by atoms with Crippen LogP contribution >= 0.6 is 0 Å². The predicted molar refractivity (Wildman–Crippen MR) is 121 cm³/mol. The van der Waals surface area contributed by atoms with Crippen LogP contribution in [-0.4, -0.2) is 88.1 Å². The molecule has 1 aromatic carbocycles. The zero-order chi connectivity index (χ0) is 22.3. The van der Waals surface area contributed by atoms with Crippen LogP contribution in [0.25, 0.3) is 0 Å². The monoisotopic (exact) mass is 444 g/mol. The summed E-state index contributed by atoms with van der Waals surface area (Å²) in [5.41, 5.74) is 3.69. The van der Waals surface area contributed by atoms with Crippen LogP contribution in [0, 0.1) is 0 Å². The largest absolute Gasteiger partial charge is 0.502 e. The van der Waals surface area contributed by atoms with E-state index in [1.165, 1.54) is 14.2 Å². The molecule has 11 heteroatoms. The molecule has 2 aliphatic heterocycles. The molecule has 11 nitrogen and oxygen atoms in total. The fourth-order valence-electron chi connectivity index (χ4n) is 3.50. The highest BCUT2D eigenvalue weighted by Gasteiger charge is 2.19. The molecule has 0 aliphatic carbocycles. The first-order chi connectivity index (χ1) is 15.7. The number of ether oxygens (including phenoxy) is 4. The molecule has 2 saturated heterocycles. The molecule has 2 N–H and O–H groups in total. The number of nitrogens with zero attached hydrogens (tertiary/aromatic N) is 5. The Bertz CT molecular complexity index is 883. The summed E-state index contributed by atoms with van der Waals surface area (Å²) in [7, 11) is 2.96. The number of hydrogen-bond acceptors (Lipinski definition) is 11. The molecule has 0 atom stereocenters. The summed E-state index contributed by atoms with van der Waals surface area (Å²) in [6.07, 6.45) is 1.61. The van der Waals surface area contributed by atoms with Crippen molar-refractivity contribution in [3.8, 4) is 17.2 Å². The molecule has 32 heavy (non-hydrogen) atoms. The van der Waals surface area contributed by atoms with Gasteiger partial charge >= 0.3 is 0 Å². The van der Waals surface area contributed by atoms with Gasteiger partial charge in [0.1, 0.15) is 5.82 Å². The van der Waals surface area contributed by atoms with Crippen molar-refractivity contribution >= 4 is 23.8 Å². The second-order valence-corrected chi connectivity index (χ2v) is 7.25. The van der Waals surface area contributed by atoms with Gasteiger partial charge in [-0.2, -0.15) is 15.1 Å². The standard InChI is InChI=1S/C21H28N6O5/c1-29-16-11-15(12-17(30-2)20(16)28)14-22-25-18-13-19(26-3-7-31-8-4-26)24-21(23-18)27-5-9-32-10-6-27/h11-14,28H,3-10H2,1-2H3,(H,23,24,25)/b22-14+. The van der Waals surface area contributed by atoms with Gasteiger partial charge in [-0.05, 0) is 12.1 Å².